The van der Waals surface area contributed by atoms with Crippen LogP contribution >= 0.6 is 0 Å². The molecule has 3 rings (SSSR count). The van der Waals surface area contributed by atoms with Crippen LogP contribution in [0.15, 0.2) is 53.7 Å². The lowest BCUT2D eigenvalue weighted by atomic mass is 9.95. The zero-order valence-corrected chi connectivity index (χ0v) is 18.6. The van der Waals surface area contributed by atoms with Crippen molar-refractivity contribution in [3.63, 3.8) is 0 Å². The maximum absolute atomic E-state index is 12.9. The highest BCUT2D eigenvalue weighted by molar-refractivity contribution is 7.89. The number of nitrogens with zero attached hydrogens (tertiary/aromatic N) is 2. The molecule has 1 aliphatic rings. The highest BCUT2D eigenvalue weighted by atomic mass is 32.2. The van der Waals surface area contributed by atoms with Crippen LogP contribution in [0.2, 0.25) is 0 Å². The Bertz CT molecular complexity index is 1020. The number of hydrogen-bond acceptors (Lipinski definition) is 5. The zero-order chi connectivity index (χ0) is 22.4. The van der Waals surface area contributed by atoms with Gasteiger partial charge in [-0.3, -0.25) is 14.6 Å². The minimum absolute atomic E-state index is 0.0243. The Morgan fingerprint density at radius 3 is 2.55 bits per heavy atom. The Kier molecular flexibility index (Phi) is 7.40. The van der Waals surface area contributed by atoms with E-state index in [2.05, 4.69) is 15.0 Å². The molecule has 1 saturated heterocycles. The number of piperidine rings is 1. The van der Waals surface area contributed by atoms with Crippen molar-refractivity contribution in [3.8, 4) is 0 Å². The molecule has 1 aromatic heterocycles. The molecule has 0 unspecified atom stereocenters. The molecule has 2 heterocycles. The van der Waals surface area contributed by atoms with Crippen molar-refractivity contribution in [1.82, 2.24) is 19.9 Å². The van der Waals surface area contributed by atoms with Crippen LogP contribution in [0.25, 0.3) is 0 Å². The monoisotopic (exact) mass is 444 g/mol. The second-order valence-electron chi connectivity index (χ2n) is 7.95. The van der Waals surface area contributed by atoms with E-state index in [1.54, 1.807) is 43.3 Å². The zero-order valence-electron chi connectivity index (χ0n) is 17.7. The molecule has 8 nitrogen and oxygen atoms in total. The number of likely N-dealkylation sites (tertiary alicyclic amines) is 1. The van der Waals surface area contributed by atoms with E-state index >= 15 is 0 Å². The van der Waals surface area contributed by atoms with Crippen LogP contribution in [0.1, 0.15) is 42.6 Å². The van der Waals surface area contributed by atoms with Crippen molar-refractivity contribution >= 4 is 21.8 Å². The molecule has 1 aliphatic heterocycles. The van der Waals surface area contributed by atoms with Crippen molar-refractivity contribution in [2.24, 2.45) is 5.92 Å². The number of benzene rings is 1. The number of carbonyl (C=O) groups is 2. The average molecular weight is 445 g/mol. The molecule has 9 heteroatoms. The van der Waals surface area contributed by atoms with Crippen LogP contribution in [0.4, 0.5) is 0 Å². The van der Waals surface area contributed by atoms with Gasteiger partial charge in [0.2, 0.25) is 15.9 Å². The third-order valence-electron chi connectivity index (χ3n) is 5.12. The van der Waals surface area contributed by atoms with Crippen molar-refractivity contribution in [2.75, 3.05) is 13.1 Å². The normalized spacial score (nSPS) is 15.1. The first kappa shape index (κ1) is 22.9. The number of pyridine rings is 1. The molecular weight excluding hydrogens is 416 g/mol. The summed E-state index contributed by atoms with van der Waals surface area (Å²) in [6, 6.07) is 9.54. The predicted molar refractivity (Wildman–Crippen MR) is 117 cm³/mol. The van der Waals surface area contributed by atoms with E-state index < -0.39 is 10.0 Å². The summed E-state index contributed by atoms with van der Waals surface area (Å²) in [6.45, 7) is 4.81. The molecule has 2 aromatic rings. The lowest BCUT2D eigenvalue weighted by Gasteiger charge is -2.31. The number of carbonyl (C=O) groups excluding carboxylic acids is 2. The Balaban J connectivity index is 1.56. The van der Waals surface area contributed by atoms with Gasteiger partial charge in [0.1, 0.15) is 0 Å². The Morgan fingerprint density at radius 1 is 1.16 bits per heavy atom. The minimum Gasteiger partial charge on any atom is -0.352 e. The average Bonchev–Trinajstić information content (AvgIpc) is 2.77. The first-order valence-electron chi connectivity index (χ1n) is 10.3. The third kappa shape index (κ3) is 6.11. The third-order valence-corrected chi connectivity index (χ3v) is 6.78. The molecule has 0 bridgehead atoms. The topological polar surface area (TPSA) is 108 Å². The quantitative estimate of drug-likeness (QED) is 0.678. The highest BCUT2D eigenvalue weighted by Crippen LogP contribution is 2.21. The van der Waals surface area contributed by atoms with Crippen LogP contribution in [0, 0.1) is 5.92 Å². The molecule has 0 atom stereocenters. The van der Waals surface area contributed by atoms with Gasteiger partial charge in [0.05, 0.1) is 4.90 Å². The summed E-state index contributed by atoms with van der Waals surface area (Å²) in [5, 5.41) is 2.93. The number of hydrogen-bond donors (Lipinski definition) is 2. The highest BCUT2D eigenvalue weighted by Gasteiger charge is 2.28. The maximum Gasteiger partial charge on any atom is 0.253 e. The van der Waals surface area contributed by atoms with E-state index in [-0.39, 0.29) is 28.7 Å². The molecule has 2 N–H and O–H groups in total. The largest absolute Gasteiger partial charge is 0.352 e. The maximum atomic E-state index is 12.9. The van der Waals surface area contributed by atoms with Crippen molar-refractivity contribution in [1.29, 1.82) is 0 Å². The number of aromatic nitrogens is 1. The molecule has 0 aliphatic carbocycles. The summed E-state index contributed by atoms with van der Waals surface area (Å²) in [4.78, 5) is 31.1. The predicted octanol–water partition coefficient (Wildman–Crippen LogP) is 1.94. The number of amides is 2. The van der Waals surface area contributed by atoms with E-state index in [1.165, 1.54) is 12.1 Å². The van der Waals surface area contributed by atoms with Crippen LogP contribution in [-0.4, -0.2) is 49.2 Å². The van der Waals surface area contributed by atoms with Crippen LogP contribution in [0.5, 0.6) is 0 Å². The molecule has 0 spiro atoms. The van der Waals surface area contributed by atoms with Gasteiger partial charge in [0.15, 0.2) is 0 Å². The van der Waals surface area contributed by atoms with Gasteiger partial charge in [-0.1, -0.05) is 12.1 Å². The Hall–Kier alpha value is -2.78. The van der Waals surface area contributed by atoms with E-state index in [9.17, 15) is 18.0 Å². The standard InChI is InChI=1S/C22H28N4O4S/c1-16(2)25-31(29,30)20-7-3-6-19(13-20)22(28)26-11-8-18(9-12-26)21(27)24-15-17-5-4-10-23-14-17/h3-7,10,13-14,16,18,25H,8-9,11-12,15H2,1-2H3,(H,24,27). The second kappa shape index (κ2) is 10.0. The van der Waals surface area contributed by atoms with Gasteiger partial charge in [-0.05, 0) is 56.5 Å². The summed E-state index contributed by atoms with van der Waals surface area (Å²) in [5.74, 6) is -0.401. The fourth-order valence-corrected chi connectivity index (χ4v) is 4.83. The van der Waals surface area contributed by atoms with Crippen molar-refractivity contribution in [3.05, 3.63) is 59.9 Å². The molecule has 1 fully saturated rings. The smallest absolute Gasteiger partial charge is 0.253 e. The Morgan fingerprint density at radius 2 is 1.90 bits per heavy atom. The van der Waals surface area contributed by atoms with Crippen LogP contribution in [-0.2, 0) is 21.4 Å². The lowest BCUT2D eigenvalue weighted by Crippen LogP contribution is -2.43. The summed E-state index contributed by atoms with van der Waals surface area (Å²) >= 11 is 0. The van der Waals surface area contributed by atoms with Crippen LogP contribution < -0.4 is 10.0 Å². The SMILES string of the molecule is CC(C)NS(=O)(=O)c1cccc(C(=O)N2CCC(C(=O)NCc3cccnc3)CC2)c1. The number of nitrogens with one attached hydrogen (secondary N) is 2. The first-order chi connectivity index (χ1) is 14.8. The number of sulfonamides is 1. The van der Waals surface area contributed by atoms with Gasteiger partial charge in [-0.15, -0.1) is 0 Å². The summed E-state index contributed by atoms with van der Waals surface area (Å²) in [6.07, 6.45) is 4.53. The summed E-state index contributed by atoms with van der Waals surface area (Å²) < 4.78 is 27.3. The van der Waals surface area contributed by atoms with E-state index in [0.717, 1.165) is 5.56 Å². The second-order valence-corrected chi connectivity index (χ2v) is 9.66. The molecule has 31 heavy (non-hydrogen) atoms. The van der Waals surface area contributed by atoms with Crippen molar-refractivity contribution < 1.29 is 18.0 Å². The van der Waals surface area contributed by atoms with Gasteiger partial charge >= 0.3 is 0 Å². The summed E-state index contributed by atoms with van der Waals surface area (Å²) in [5.41, 5.74) is 1.26. The fourth-order valence-electron chi connectivity index (χ4n) is 3.54. The first-order valence-corrected chi connectivity index (χ1v) is 11.8. The molecular formula is C22H28N4O4S. The van der Waals surface area contributed by atoms with E-state index in [0.29, 0.717) is 38.0 Å². The van der Waals surface area contributed by atoms with Gasteiger partial charge in [-0.25, -0.2) is 13.1 Å². The summed E-state index contributed by atoms with van der Waals surface area (Å²) in [7, 11) is -3.67. The molecule has 0 radical (unpaired) electrons. The van der Waals surface area contributed by atoms with Crippen LogP contribution in [0.3, 0.4) is 0 Å². The lowest BCUT2D eigenvalue weighted by molar-refractivity contribution is -0.126. The van der Waals surface area contributed by atoms with Gasteiger partial charge in [-0.2, -0.15) is 0 Å². The fraction of sp³-hybridized carbons (Fsp3) is 0.409. The molecule has 2 amide bonds. The van der Waals surface area contributed by atoms with Gasteiger partial charge < -0.3 is 10.2 Å². The molecule has 0 saturated carbocycles. The van der Waals surface area contributed by atoms with Crippen molar-refractivity contribution in [2.45, 2.75) is 44.2 Å². The molecule has 1 aromatic carbocycles. The number of rotatable bonds is 7. The van der Waals surface area contributed by atoms with E-state index in [1.807, 2.05) is 12.1 Å². The van der Waals surface area contributed by atoms with Gasteiger partial charge in [0, 0.05) is 49.6 Å². The Labute approximate surface area is 183 Å². The molecule has 166 valence electrons. The van der Waals surface area contributed by atoms with E-state index in [4.69, 9.17) is 0 Å². The van der Waals surface area contributed by atoms with Gasteiger partial charge in [0.25, 0.3) is 5.91 Å². The minimum atomic E-state index is -3.67.